The van der Waals surface area contributed by atoms with Crippen molar-refractivity contribution in [2.45, 2.75) is 6.92 Å². The van der Waals surface area contributed by atoms with Gasteiger partial charge >= 0.3 is 0 Å². The molecule has 0 aliphatic carbocycles. The van der Waals surface area contributed by atoms with Crippen LogP contribution in [0, 0.1) is 0 Å². The van der Waals surface area contributed by atoms with Gasteiger partial charge in [-0.2, -0.15) is 5.10 Å². The van der Waals surface area contributed by atoms with Crippen LogP contribution in [0.5, 0.6) is 0 Å². The van der Waals surface area contributed by atoms with E-state index in [1.807, 2.05) is 13.0 Å². The van der Waals surface area contributed by atoms with Crippen LogP contribution in [0.4, 0.5) is 0 Å². The van der Waals surface area contributed by atoms with Gasteiger partial charge in [-0.15, -0.1) is 0 Å². The number of carbonyl (C=O) groups excluding carboxylic acids is 1. The molecular weight excluding hydrogens is 166 g/mol. The summed E-state index contributed by atoms with van der Waals surface area (Å²) < 4.78 is 0. The van der Waals surface area contributed by atoms with Crippen LogP contribution in [0.25, 0.3) is 12.2 Å². The number of nitrogens with one attached hydrogen (secondary N) is 1. The highest BCUT2D eigenvalue weighted by atomic mass is 16.1. The second kappa shape index (κ2) is 3.71. The van der Waals surface area contributed by atoms with Gasteiger partial charge in [-0.25, -0.2) is 0 Å². The lowest BCUT2D eigenvalue weighted by Crippen LogP contribution is -2.12. The van der Waals surface area contributed by atoms with Crippen molar-refractivity contribution in [3.05, 3.63) is 29.6 Å². The van der Waals surface area contributed by atoms with Crippen molar-refractivity contribution in [3.63, 3.8) is 0 Å². The fourth-order valence-electron chi connectivity index (χ4n) is 1.04. The summed E-state index contributed by atoms with van der Waals surface area (Å²) in [6.07, 6.45) is 5.17. The van der Waals surface area contributed by atoms with Crippen molar-refractivity contribution in [1.82, 2.24) is 10.2 Å². The average molecular weight is 177 g/mol. The van der Waals surface area contributed by atoms with Gasteiger partial charge in [0.25, 0.3) is 5.91 Å². The Bertz CT molecular complexity index is 363. The Morgan fingerprint density at radius 3 is 2.85 bits per heavy atom. The van der Waals surface area contributed by atoms with E-state index in [0.29, 0.717) is 11.3 Å². The normalized spacial score (nSPS) is 10.5. The molecule has 3 N–H and O–H groups in total. The van der Waals surface area contributed by atoms with Crippen LogP contribution in [0.15, 0.2) is 12.7 Å². The first-order valence-corrected chi connectivity index (χ1v) is 3.84. The summed E-state index contributed by atoms with van der Waals surface area (Å²) >= 11 is 0. The van der Waals surface area contributed by atoms with Gasteiger partial charge in [-0.05, 0) is 13.0 Å². The van der Waals surface area contributed by atoms with E-state index in [0.717, 1.165) is 0 Å². The van der Waals surface area contributed by atoms with Crippen molar-refractivity contribution in [3.8, 4) is 0 Å². The summed E-state index contributed by atoms with van der Waals surface area (Å²) in [7, 11) is 0. The van der Waals surface area contributed by atoms with Gasteiger partial charge in [0.15, 0.2) is 5.69 Å². The fourth-order valence-corrected chi connectivity index (χ4v) is 1.04. The largest absolute Gasteiger partial charge is 0.364 e. The summed E-state index contributed by atoms with van der Waals surface area (Å²) in [6.45, 7) is 5.44. The number of H-pyrrole nitrogens is 1. The lowest BCUT2D eigenvalue weighted by atomic mass is 10.1. The molecule has 1 heterocycles. The van der Waals surface area contributed by atoms with Gasteiger partial charge in [0.2, 0.25) is 0 Å². The van der Waals surface area contributed by atoms with E-state index in [1.165, 1.54) is 0 Å². The molecule has 68 valence electrons. The smallest absolute Gasteiger partial charge is 0.269 e. The van der Waals surface area contributed by atoms with Crippen LogP contribution in [0.3, 0.4) is 0 Å². The van der Waals surface area contributed by atoms with E-state index >= 15 is 0 Å². The van der Waals surface area contributed by atoms with Crippen LogP contribution in [-0.4, -0.2) is 16.1 Å². The standard InChI is InChI=1S/C9H11N3O/c1-3-5-6-7(4-2)11-12-8(6)9(10)13/h3-5H,2H2,1H3,(H2,10,13)(H,11,12)/b5-3-. The maximum absolute atomic E-state index is 10.9. The molecular formula is C9H11N3O. The Kier molecular flexibility index (Phi) is 2.64. The van der Waals surface area contributed by atoms with Crippen LogP contribution >= 0.6 is 0 Å². The molecule has 0 aromatic carbocycles. The number of carbonyl (C=O) groups is 1. The molecule has 0 atom stereocenters. The quantitative estimate of drug-likeness (QED) is 0.727. The van der Waals surface area contributed by atoms with E-state index in [1.54, 1.807) is 12.2 Å². The number of nitrogens with zero attached hydrogens (tertiary/aromatic N) is 1. The third-order valence-electron chi connectivity index (χ3n) is 1.60. The third-order valence-corrected chi connectivity index (χ3v) is 1.60. The minimum Gasteiger partial charge on any atom is -0.364 e. The Morgan fingerprint density at radius 2 is 2.38 bits per heavy atom. The van der Waals surface area contributed by atoms with Gasteiger partial charge in [-0.1, -0.05) is 18.7 Å². The first-order valence-electron chi connectivity index (χ1n) is 3.84. The topological polar surface area (TPSA) is 71.8 Å². The highest BCUT2D eigenvalue weighted by Crippen LogP contribution is 2.13. The molecule has 0 aliphatic heterocycles. The summed E-state index contributed by atoms with van der Waals surface area (Å²) in [5, 5.41) is 6.45. The van der Waals surface area contributed by atoms with Crippen molar-refractivity contribution < 1.29 is 4.79 Å². The zero-order valence-corrected chi connectivity index (χ0v) is 7.37. The van der Waals surface area contributed by atoms with E-state index in [2.05, 4.69) is 16.8 Å². The van der Waals surface area contributed by atoms with Crippen molar-refractivity contribution >= 4 is 18.1 Å². The molecule has 1 aromatic heterocycles. The number of hydrogen-bond donors (Lipinski definition) is 2. The van der Waals surface area contributed by atoms with Crippen LogP contribution in [0.2, 0.25) is 0 Å². The van der Waals surface area contributed by atoms with Crippen molar-refractivity contribution in [2.24, 2.45) is 5.73 Å². The van der Waals surface area contributed by atoms with Crippen LogP contribution < -0.4 is 5.73 Å². The number of primary amides is 1. The third kappa shape index (κ3) is 1.66. The fraction of sp³-hybridized carbons (Fsp3) is 0.111. The number of hydrogen-bond acceptors (Lipinski definition) is 2. The lowest BCUT2D eigenvalue weighted by molar-refractivity contribution is 0.0995. The van der Waals surface area contributed by atoms with Crippen molar-refractivity contribution in [1.29, 1.82) is 0 Å². The van der Waals surface area contributed by atoms with Gasteiger partial charge < -0.3 is 5.73 Å². The molecule has 4 heteroatoms. The number of nitrogens with two attached hydrogens (primary N) is 1. The maximum atomic E-state index is 10.9. The Hall–Kier alpha value is -1.84. The Morgan fingerprint density at radius 1 is 1.69 bits per heavy atom. The summed E-state index contributed by atoms with van der Waals surface area (Å²) in [4.78, 5) is 10.9. The summed E-state index contributed by atoms with van der Waals surface area (Å²) in [5.41, 5.74) is 6.75. The molecule has 0 spiro atoms. The predicted molar refractivity (Wildman–Crippen MR) is 51.9 cm³/mol. The monoisotopic (exact) mass is 177 g/mol. The van der Waals surface area contributed by atoms with E-state index in [-0.39, 0.29) is 5.69 Å². The van der Waals surface area contributed by atoms with Crippen LogP contribution in [-0.2, 0) is 0 Å². The Balaban J connectivity index is 3.29. The second-order valence-corrected chi connectivity index (χ2v) is 2.47. The number of allylic oxidation sites excluding steroid dienone is 1. The molecule has 0 aliphatic rings. The molecule has 1 amide bonds. The number of rotatable bonds is 3. The molecule has 1 rings (SSSR count). The molecule has 0 saturated carbocycles. The van der Waals surface area contributed by atoms with Gasteiger partial charge in [0.05, 0.1) is 5.69 Å². The van der Waals surface area contributed by atoms with E-state index in [9.17, 15) is 4.79 Å². The number of aromatic nitrogens is 2. The van der Waals surface area contributed by atoms with Gasteiger partial charge in [-0.3, -0.25) is 9.89 Å². The van der Waals surface area contributed by atoms with Crippen molar-refractivity contribution in [2.75, 3.05) is 0 Å². The van der Waals surface area contributed by atoms with Crippen LogP contribution in [0.1, 0.15) is 28.7 Å². The SMILES string of the molecule is C=Cc1[nH]nc(C(N)=O)c1/C=C\C. The van der Waals surface area contributed by atoms with Gasteiger partial charge in [0, 0.05) is 5.56 Å². The molecule has 0 bridgehead atoms. The predicted octanol–water partition coefficient (Wildman–Crippen LogP) is 1.18. The van der Waals surface area contributed by atoms with E-state index in [4.69, 9.17) is 5.73 Å². The minimum absolute atomic E-state index is 0.244. The first-order chi connectivity index (χ1) is 6.20. The minimum atomic E-state index is -0.544. The molecule has 0 radical (unpaired) electrons. The Labute approximate surface area is 76.1 Å². The highest BCUT2D eigenvalue weighted by Gasteiger charge is 2.12. The summed E-state index contributed by atoms with van der Waals surface area (Å²) in [6, 6.07) is 0. The second-order valence-electron chi connectivity index (χ2n) is 2.47. The first kappa shape index (κ1) is 9.25. The molecule has 0 unspecified atom stereocenters. The average Bonchev–Trinajstić information content (AvgIpc) is 2.48. The summed E-state index contributed by atoms with van der Waals surface area (Å²) in [5.74, 6) is -0.544. The zero-order valence-electron chi connectivity index (χ0n) is 7.37. The molecule has 0 saturated heterocycles. The molecule has 13 heavy (non-hydrogen) atoms. The van der Waals surface area contributed by atoms with E-state index < -0.39 is 5.91 Å². The molecule has 4 nitrogen and oxygen atoms in total. The molecule has 0 fully saturated rings. The maximum Gasteiger partial charge on any atom is 0.269 e. The molecule has 1 aromatic rings. The highest BCUT2D eigenvalue weighted by molar-refractivity contribution is 5.95. The zero-order chi connectivity index (χ0) is 9.84. The number of aromatic amines is 1. The number of amides is 1. The lowest BCUT2D eigenvalue weighted by Gasteiger charge is -1.92. The van der Waals surface area contributed by atoms with Gasteiger partial charge in [0.1, 0.15) is 0 Å².